The van der Waals surface area contributed by atoms with Crippen LogP contribution in [-0.2, 0) is 16.6 Å². The lowest BCUT2D eigenvalue weighted by Crippen LogP contribution is -2.41. The molecule has 0 radical (unpaired) electrons. The molecule has 9 heteroatoms. The molecule has 1 aromatic heterocycles. The number of sulfonamides is 1. The van der Waals surface area contributed by atoms with E-state index >= 15 is 0 Å². The molecular weight excluding hydrogens is 401 g/mol. The van der Waals surface area contributed by atoms with Crippen molar-refractivity contribution in [2.45, 2.75) is 37.5 Å². The molecule has 1 saturated carbocycles. The number of nitrogens with zero attached hydrogens (tertiary/aromatic N) is 1. The summed E-state index contributed by atoms with van der Waals surface area (Å²) >= 11 is 13.5. The molecule has 142 valence electrons. The van der Waals surface area contributed by atoms with E-state index < -0.39 is 10.0 Å². The summed E-state index contributed by atoms with van der Waals surface area (Å²) in [5.41, 5.74) is 1.07. The second kappa shape index (κ2) is 8.87. The number of halogens is 2. The largest absolute Gasteiger partial charge is 0.312 e. The normalized spacial score (nSPS) is 20.2. The van der Waals surface area contributed by atoms with E-state index in [0.29, 0.717) is 12.5 Å². The van der Waals surface area contributed by atoms with Gasteiger partial charge >= 0.3 is 0 Å². The lowest BCUT2D eigenvalue weighted by molar-refractivity contribution is 0.185. The van der Waals surface area contributed by atoms with Crippen molar-refractivity contribution in [3.63, 3.8) is 0 Å². The van der Waals surface area contributed by atoms with Crippen LogP contribution >= 0.6 is 34.5 Å². The van der Waals surface area contributed by atoms with E-state index in [4.69, 9.17) is 23.2 Å². The maximum absolute atomic E-state index is 11.8. The number of nitrogens with one attached hydrogen (secondary N) is 2. The van der Waals surface area contributed by atoms with Crippen molar-refractivity contribution in [2.75, 3.05) is 32.7 Å². The fraction of sp³-hybridized carbons (Fsp3) is 0.750. The Morgan fingerprint density at radius 2 is 1.92 bits per heavy atom. The standard InChI is InChI=1S/C16H25Cl2N3O2S2/c17-15-9-13(16(18)24-15)11-19-10-12-3-6-21(7-4-12)8-5-20-25(22,23)14-1-2-14/h9,12,14,19-20H,1-8,10-11H2. The predicted octanol–water partition coefficient (Wildman–Crippen LogP) is 2.94. The Bertz CT molecular complexity index is 669. The van der Waals surface area contributed by atoms with Gasteiger partial charge in [-0.25, -0.2) is 13.1 Å². The van der Waals surface area contributed by atoms with Crippen LogP contribution in [0.25, 0.3) is 0 Å². The molecule has 5 nitrogen and oxygen atoms in total. The van der Waals surface area contributed by atoms with Gasteiger partial charge in [-0.3, -0.25) is 0 Å². The summed E-state index contributed by atoms with van der Waals surface area (Å²) < 4.78 is 27.8. The fourth-order valence-electron chi connectivity index (χ4n) is 3.16. The molecule has 2 aliphatic rings. The van der Waals surface area contributed by atoms with Crippen LogP contribution in [0.1, 0.15) is 31.2 Å². The van der Waals surface area contributed by atoms with Gasteiger partial charge in [0, 0.05) is 19.6 Å². The number of rotatable bonds is 9. The first kappa shape index (κ1) is 19.9. The minimum atomic E-state index is -3.04. The van der Waals surface area contributed by atoms with Gasteiger partial charge in [0.05, 0.1) is 13.9 Å². The van der Waals surface area contributed by atoms with Gasteiger partial charge in [0.15, 0.2) is 0 Å². The third-order valence-corrected chi connectivity index (χ3v) is 8.40. The minimum absolute atomic E-state index is 0.129. The van der Waals surface area contributed by atoms with E-state index in [1.807, 2.05) is 6.07 Å². The molecule has 0 aromatic carbocycles. The van der Waals surface area contributed by atoms with Gasteiger partial charge in [-0.15, -0.1) is 11.3 Å². The van der Waals surface area contributed by atoms with Gasteiger partial charge in [-0.2, -0.15) is 0 Å². The molecule has 1 aromatic rings. The van der Waals surface area contributed by atoms with Crippen LogP contribution in [-0.4, -0.2) is 51.3 Å². The maximum Gasteiger partial charge on any atom is 0.214 e. The maximum atomic E-state index is 11.8. The highest BCUT2D eigenvalue weighted by molar-refractivity contribution is 7.90. The molecule has 1 saturated heterocycles. The second-order valence-electron chi connectivity index (χ2n) is 6.90. The van der Waals surface area contributed by atoms with Crippen molar-refractivity contribution in [2.24, 2.45) is 5.92 Å². The Labute approximate surface area is 164 Å². The molecule has 1 aliphatic heterocycles. The minimum Gasteiger partial charge on any atom is -0.312 e. The monoisotopic (exact) mass is 425 g/mol. The number of hydrogen-bond acceptors (Lipinski definition) is 5. The molecule has 2 N–H and O–H groups in total. The molecule has 0 unspecified atom stereocenters. The first-order chi connectivity index (χ1) is 11.9. The molecule has 1 aliphatic carbocycles. The Kier molecular flexibility index (Phi) is 7.04. The smallest absolute Gasteiger partial charge is 0.214 e. The van der Waals surface area contributed by atoms with Crippen LogP contribution in [0.4, 0.5) is 0 Å². The van der Waals surface area contributed by atoms with Crippen molar-refractivity contribution in [3.05, 3.63) is 20.3 Å². The third-order valence-electron chi connectivity index (χ3n) is 4.88. The van der Waals surface area contributed by atoms with Gasteiger partial charge in [-0.05, 0) is 62.9 Å². The highest BCUT2D eigenvalue weighted by Gasteiger charge is 2.35. The van der Waals surface area contributed by atoms with Crippen molar-refractivity contribution in [3.8, 4) is 0 Å². The van der Waals surface area contributed by atoms with Crippen LogP contribution in [0.3, 0.4) is 0 Å². The van der Waals surface area contributed by atoms with Gasteiger partial charge < -0.3 is 10.2 Å². The molecule has 2 fully saturated rings. The first-order valence-electron chi connectivity index (χ1n) is 8.79. The molecule has 2 heterocycles. The fourth-order valence-corrected chi connectivity index (χ4v) is 6.02. The summed E-state index contributed by atoms with van der Waals surface area (Å²) in [6.45, 7) is 5.12. The van der Waals surface area contributed by atoms with Crippen LogP contribution in [0.2, 0.25) is 8.67 Å². The van der Waals surface area contributed by atoms with E-state index in [9.17, 15) is 8.42 Å². The zero-order valence-electron chi connectivity index (χ0n) is 14.1. The molecule has 0 bridgehead atoms. The van der Waals surface area contributed by atoms with E-state index in [2.05, 4.69) is 14.9 Å². The number of likely N-dealkylation sites (tertiary alicyclic amines) is 1. The average Bonchev–Trinajstić information content (AvgIpc) is 3.36. The zero-order valence-corrected chi connectivity index (χ0v) is 17.3. The topological polar surface area (TPSA) is 61.4 Å². The van der Waals surface area contributed by atoms with Gasteiger partial charge in [-0.1, -0.05) is 23.2 Å². The van der Waals surface area contributed by atoms with Crippen LogP contribution in [0.15, 0.2) is 6.07 Å². The molecule has 0 amide bonds. The zero-order chi connectivity index (χ0) is 17.9. The van der Waals surface area contributed by atoms with Crippen molar-refractivity contribution < 1.29 is 8.42 Å². The quantitative estimate of drug-likeness (QED) is 0.638. The van der Waals surface area contributed by atoms with E-state index in [1.54, 1.807) is 0 Å². The Hall–Kier alpha value is 0.110. The summed E-state index contributed by atoms with van der Waals surface area (Å²) in [5.74, 6) is 0.660. The summed E-state index contributed by atoms with van der Waals surface area (Å²) in [4.78, 5) is 2.35. The summed E-state index contributed by atoms with van der Waals surface area (Å²) in [7, 11) is -3.04. The lowest BCUT2D eigenvalue weighted by Gasteiger charge is -2.32. The van der Waals surface area contributed by atoms with Gasteiger partial charge in [0.2, 0.25) is 10.0 Å². The molecular formula is C16H25Cl2N3O2S2. The van der Waals surface area contributed by atoms with Crippen molar-refractivity contribution in [1.29, 1.82) is 0 Å². The van der Waals surface area contributed by atoms with E-state index in [0.717, 1.165) is 72.6 Å². The lowest BCUT2D eigenvalue weighted by atomic mass is 9.97. The van der Waals surface area contributed by atoms with Crippen LogP contribution in [0, 0.1) is 5.92 Å². The van der Waals surface area contributed by atoms with Gasteiger partial charge in [0.1, 0.15) is 0 Å². The third kappa shape index (κ3) is 6.06. The number of thiophene rings is 1. The van der Waals surface area contributed by atoms with Crippen LogP contribution in [0.5, 0.6) is 0 Å². The first-order valence-corrected chi connectivity index (χ1v) is 11.9. The summed E-state index contributed by atoms with van der Waals surface area (Å²) in [5, 5.41) is 3.35. The Balaban J connectivity index is 1.28. The highest BCUT2D eigenvalue weighted by Crippen LogP contribution is 2.31. The molecule has 0 spiro atoms. The Morgan fingerprint density at radius 3 is 2.52 bits per heavy atom. The van der Waals surface area contributed by atoms with Crippen molar-refractivity contribution >= 4 is 44.6 Å². The molecule has 25 heavy (non-hydrogen) atoms. The predicted molar refractivity (Wildman–Crippen MR) is 105 cm³/mol. The molecule has 3 rings (SSSR count). The number of hydrogen-bond donors (Lipinski definition) is 2. The van der Waals surface area contributed by atoms with Gasteiger partial charge in [0.25, 0.3) is 0 Å². The van der Waals surface area contributed by atoms with Crippen molar-refractivity contribution in [1.82, 2.24) is 14.9 Å². The number of piperidine rings is 1. The van der Waals surface area contributed by atoms with E-state index in [-0.39, 0.29) is 5.25 Å². The van der Waals surface area contributed by atoms with Crippen LogP contribution < -0.4 is 10.0 Å². The SMILES string of the molecule is O=S(=O)(NCCN1CCC(CNCc2cc(Cl)sc2Cl)CC1)C1CC1. The average molecular weight is 426 g/mol. The second-order valence-corrected chi connectivity index (χ2v) is 11.2. The highest BCUT2D eigenvalue weighted by atomic mass is 35.5. The molecule has 0 atom stereocenters. The summed E-state index contributed by atoms with van der Waals surface area (Å²) in [6.07, 6.45) is 3.91. The Morgan fingerprint density at radius 1 is 1.20 bits per heavy atom. The van der Waals surface area contributed by atoms with E-state index in [1.165, 1.54) is 11.3 Å². The summed E-state index contributed by atoms with van der Waals surface area (Å²) in [6, 6.07) is 1.92.